The minimum Gasteiger partial charge on any atom is -0.392 e. The Kier molecular flexibility index (Phi) is 3.93. The maximum absolute atomic E-state index is 12.4. The molecule has 0 aliphatic heterocycles. The second-order valence-corrected chi connectivity index (χ2v) is 3.68. The number of hydrogen-bond donors (Lipinski definition) is 1. The smallest absolute Gasteiger partial charge is 0.392 e. The van der Waals surface area contributed by atoms with Crippen molar-refractivity contribution in [3.8, 4) is 0 Å². The predicted octanol–water partition coefficient (Wildman–Crippen LogP) is 3.47. The highest BCUT2D eigenvalue weighted by Gasteiger charge is 2.32. The number of benzene rings is 1. The van der Waals surface area contributed by atoms with E-state index in [0.29, 0.717) is 5.56 Å². The minimum absolute atomic E-state index is 0.0103. The Hall–Kier alpha value is -0.810. The van der Waals surface area contributed by atoms with Gasteiger partial charge in [0.05, 0.1) is 12.2 Å². The van der Waals surface area contributed by atoms with Crippen LogP contribution in [0.4, 0.5) is 13.2 Å². The van der Waals surface area contributed by atoms with Crippen LogP contribution in [0.5, 0.6) is 0 Å². The summed E-state index contributed by atoms with van der Waals surface area (Å²) in [6.07, 6.45) is -1.56. The number of alkyl halides is 3. The van der Waals surface area contributed by atoms with Crippen LogP contribution in [0.25, 0.3) is 6.08 Å². The van der Waals surface area contributed by atoms with E-state index in [4.69, 9.17) is 5.11 Å². The number of hydrogen-bond acceptors (Lipinski definition) is 1. The Morgan fingerprint density at radius 2 is 2.00 bits per heavy atom. The topological polar surface area (TPSA) is 20.2 Å². The zero-order valence-corrected chi connectivity index (χ0v) is 9.14. The van der Waals surface area contributed by atoms with Crippen molar-refractivity contribution in [1.82, 2.24) is 0 Å². The van der Waals surface area contributed by atoms with Gasteiger partial charge in [-0.25, -0.2) is 0 Å². The van der Waals surface area contributed by atoms with E-state index in [0.717, 1.165) is 6.07 Å². The van der Waals surface area contributed by atoms with Crippen molar-refractivity contribution in [2.75, 3.05) is 6.61 Å². The summed E-state index contributed by atoms with van der Waals surface area (Å²) in [5.74, 6) is 0. The van der Waals surface area contributed by atoms with E-state index in [2.05, 4.69) is 15.9 Å². The van der Waals surface area contributed by atoms with Gasteiger partial charge in [-0.3, -0.25) is 0 Å². The Morgan fingerprint density at radius 3 is 2.53 bits per heavy atom. The molecule has 5 heteroatoms. The van der Waals surface area contributed by atoms with Crippen LogP contribution in [-0.2, 0) is 6.18 Å². The average molecular weight is 281 g/mol. The Labute approximate surface area is 93.4 Å². The van der Waals surface area contributed by atoms with Gasteiger partial charge in [0.1, 0.15) is 0 Å². The third-order valence-corrected chi connectivity index (χ3v) is 2.40. The van der Waals surface area contributed by atoms with E-state index in [-0.39, 0.29) is 11.1 Å². The second kappa shape index (κ2) is 4.81. The fraction of sp³-hybridized carbons (Fsp3) is 0.200. The van der Waals surface area contributed by atoms with E-state index < -0.39 is 11.7 Å². The van der Waals surface area contributed by atoms with Gasteiger partial charge >= 0.3 is 6.18 Å². The summed E-state index contributed by atoms with van der Waals surface area (Å²) in [5.41, 5.74) is -0.317. The molecule has 15 heavy (non-hydrogen) atoms. The monoisotopic (exact) mass is 280 g/mol. The first-order chi connectivity index (χ1) is 6.95. The van der Waals surface area contributed by atoms with Crippen LogP contribution in [0, 0.1) is 0 Å². The first-order valence-corrected chi connectivity index (χ1v) is 4.88. The molecule has 1 aromatic rings. The van der Waals surface area contributed by atoms with Gasteiger partial charge in [0.2, 0.25) is 0 Å². The summed E-state index contributed by atoms with van der Waals surface area (Å²) in [7, 11) is 0. The molecule has 0 radical (unpaired) electrons. The molecular formula is C10H8BrF3O. The molecule has 0 fully saturated rings. The lowest BCUT2D eigenvalue weighted by molar-refractivity contribution is -0.138. The van der Waals surface area contributed by atoms with Crippen molar-refractivity contribution in [3.63, 3.8) is 0 Å². The molecule has 82 valence electrons. The molecule has 0 spiro atoms. The summed E-state index contributed by atoms with van der Waals surface area (Å²) in [6, 6.07) is 3.89. The highest BCUT2D eigenvalue weighted by atomic mass is 79.9. The van der Waals surface area contributed by atoms with E-state index in [9.17, 15) is 13.2 Å². The van der Waals surface area contributed by atoms with Crippen molar-refractivity contribution >= 4 is 22.0 Å². The normalized spacial score (nSPS) is 12.3. The first-order valence-electron chi connectivity index (χ1n) is 4.09. The van der Waals surface area contributed by atoms with Crippen molar-refractivity contribution in [2.45, 2.75) is 6.18 Å². The lowest BCUT2D eigenvalue weighted by atomic mass is 10.1. The van der Waals surface area contributed by atoms with Gasteiger partial charge < -0.3 is 5.11 Å². The van der Waals surface area contributed by atoms with Crippen LogP contribution in [0.2, 0.25) is 0 Å². The van der Waals surface area contributed by atoms with Crippen LogP contribution < -0.4 is 0 Å². The number of halogens is 4. The molecule has 0 unspecified atom stereocenters. The second-order valence-electron chi connectivity index (χ2n) is 2.82. The number of aliphatic hydroxyl groups is 1. The molecule has 0 atom stereocenters. The SMILES string of the molecule is OC/C=C/c1ccc(Br)c(C(F)(F)F)c1. The van der Waals surface area contributed by atoms with Crippen molar-refractivity contribution in [2.24, 2.45) is 0 Å². The maximum Gasteiger partial charge on any atom is 0.417 e. The summed E-state index contributed by atoms with van der Waals surface area (Å²) in [6.45, 7) is -0.197. The molecule has 0 aromatic heterocycles. The average Bonchev–Trinajstić information content (AvgIpc) is 2.15. The first kappa shape index (κ1) is 12.3. The molecule has 0 saturated heterocycles. The van der Waals surface area contributed by atoms with Crippen LogP contribution >= 0.6 is 15.9 Å². The van der Waals surface area contributed by atoms with Crippen molar-refractivity contribution in [3.05, 3.63) is 39.9 Å². The third-order valence-electron chi connectivity index (χ3n) is 1.71. The van der Waals surface area contributed by atoms with Gasteiger partial charge in [-0.15, -0.1) is 0 Å². The molecule has 1 nitrogen and oxygen atoms in total. The molecular weight excluding hydrogens is 273 g/mol. The fourth-order valence-electron chi connectivity index (χ4n) is 1.05. The van der Waals surface area contributed by atoms with E-state index in [1.165, 1.54) is 24.3 Å². The molecule has 0 amide bonds. The number of rotatable bonds is 2. The molecule has 1 N–H and O–H groups in total. The lowest BCUT2D eigenvalue weighted by Crippen LogP contribution is -2.06. The molecule has 0 aliphatic carbocycles. The molecule has 0 aliphatic rings. The van der Waals surface area contributed by atoms with E-state index in [1.54, 1.807) is 0 Å². The fourth-order valence-corrected chi connectivity index (χ4v) is 1.52. The van der Waals surface area contributed by atoms with Gasteiger partial charge in [-0.05, 0) is 17.7 Å². The Morgan fingerprint density at radius 1 is 1.33 bits per heavy atom. The van der Waals surface area contributed by atoms with Crippen LogP contribution in [-0.4, -0.2) is 11.7 Å². The zero-order valence-electron chi connectivity index (χ0n) is 7.55. The minimum atomic E-state index is -4.37. The summed E-state index contributed by atoms with van der Waals surface area (Å²) >= 11 is 2.84. The third kappa shape index (κ3) is 3.35. The van der Waals surface area contributed by atoms with E-state index in [1.807, 2.05) is 0 Å². The van der Waals surface area contributed by atoms with Crippen LogP contribution in [0.15, 0.2) is 28.7 Å². The predicted molar refractivity (Wildman–Crippen MR) is 55.3 cm³/mol. The molecule has 0 heterocycles. The lowest BCUT2D eigenvalue weighted by Gasteiger charge is -2.09. The van der Waals surface area contributed by atoms with Crippen LogP contribution in [0.1, 0.15) is 11.1 Å². The Bertz CT molecular complexity index is 371. The Balaban J connectivity index is 3.11. The molecule has 0 saturated carbocycles. The standard InChI is InChI=1S/C10H8BrF3O/c11-9-4-3-7(2-1-5-15)6-8(9)10(12,13)14/h1-4,6,15H,5H2/b2-1+. The number of aliphatic hydroxyl groups excluding tert-OH is 1. The largest absolute Gasteiger partial charge is 0.417 e. The summed E-state index contributed by atoms with van der Waals surface area (Å²) in [5, 5.41) is 8.49. The van der Waals surface area contributed by atoms with Gasteiger partial charge in [0.15, 0.2) is 0 Å². The maximum atomic E-state index is 12.4. The van der Waals surface area contributed by atoms with Gasteiger partial charge in [0, 0.05) is 4.47 Å². The van der Waals surface area contributed by atoms with Crippen LogP contribution in [0.3, 0.4) is 0 Å². The summed E-state index contributed by atoms with van der Waals surface area (Å²) < 4.78 is 37.4. The van der Waals surface area contributed by atoms with Gasteiger partial charge in [0.25, 0.3) is 0 Å². The highest BCUT2D eigenvalue weighted by Crippen LogP contribution is 2.35. The molecule has 1 aromatic carbocycles. The van der Waals surface area contributed by atoms with E-state index >= 15 is 0 Å². The molecule has 0 bridgehead atoms. The highest BCUT2D eigenvalue weighted by molar-refractivity contribution is 9.10. The van der Waals surface area contributed by atoms with Gasteiger partial charge in [-0.1, -0.05) is 34.1 Å². The van der Waals surface area contributed by atoms with Gasteiger partial charge in [-0.2, -0.15) is 13.2 Å². The zero-order chi connectivity index (χ0) is 11.5. The van der Waals surface area contributed by atoms with Crippen molar-refractivity contribution in [1.29, 1.82) is 0 Å². The van der Waals surface area contributed by atoms with Crippen molar-refractivity contribution < 1.29 is 18.3 Å². The quantitative estimate of drug-likeness (QED) is 0.880. The molecule has 1 rings (SSSR count). The summed E-state index contributed by atoms with van der Waals surface area (Å²) in [4.78, 5) is 0.